The maximum atomic E-state index is 12.9. The van der Waals surface area contributed by atoms with Crippen molar-refractivity contribution >= 4 is 17.0 Å². The minimum atomic E-state index is 0.0216. The highest BCUT2D eigenvalue weighted by Gasteiger charge is 2.27. The molecule has 1 aliphatic rings. The van der Waals surface area contributed by atoms with Crippen LogP contribution in [0.15, 0.2) is 16.8 Å². The number of carbonyl (C=O) groups excluding carboxylic acids is 1. The van der Waals surface area contributed by atoms with Crippen molar-refractivity contribution in [2.75, 3.05) is 20.1 Å². The standard InChI is InChI=1S/C19H28N4O2/c1-12(2)17-16-10-14(11-20-18(16)25-21-17)19(24)22(5)15-6-8-23(9-7-15)13(3)4/h10-13,15H,6-9H2,1-5H3. The number of hydrogen-bond acceptors (Lipinski definition) is 5. The number of fused-ring (bicyclic) bond motifs is 1. The Morgan fingerprint density at radius 1 is 1.28 bits per heavy atom. The summed E-state index contributed by atoms with van der Waals surface area (Å²) in [6.07, 6.45) is 3.63. The molecule has 0 aliphatic carbocycles. The van der Waals surface area contributed by atoms with Gasteiger partial charge in [-0.25, -0.2) is 4.98 Å². The number of piperidine rings is 1. The Morgan fingerprint density at radius 3 is 2.56 bits per heavy atom. The van der Waals surface area contributed by atoms with E-state index in [1.807, 2.05) is 18.0 Å². The highest BCUT2D eigenvalue weighted by molar-refractivity contribution is 5.97. The van der Waals surface area contributed by atoms with Gasteiger partial charge in [0.15, 0.2) is 0 Å². The summed E-state index contributed by atoms with van der Waals surface area (Å²) >= 11 is 0. The molecule has 25 heavy (non-hydrogen) atoms. The van der Waals surface area contributed by atoms with Crippen molar-refractivity contribution in [1.82, 2.24) is 19.9 Å². The normalized spacial score (nSPS) is 16.9. The summed E-state index contributed by atoms with van der Waals surface area (Å²) in [4.78, 5) is 21.6. The van der Waals surface area contributed by atoms with E-state index in [1.165, 1.54) is 0 Å². The molecular weight excluding hydrogens is 316 g/mol. The summed E-state index contributed by atoms with van der Waals surface area (Å²) in [5.41, 5.74) is 1.95. The molecule has 0 saturated carbocycles. The van der Waals surface area contributed by atoms with Crippen LogP contribution in [-0.4, -0.2) is 58.1 Å². The van der Waals surface area contributed by atoms with Gasteiger partial charge in [-0.3, -0.25) is 4.79 Å². The Kier molecular flexibility index (Phi) is 5.08. The van der Waals surface area contributed by atoms with Gasteiger partial charge in [-0.1, -0.05) is 19.0 Å². The maximum absolute atomic E-state index is 12.9. The molecule has 2 aromatic heterocycles. The van der Waals surface area contributed by atoms with Gasteiger partial charge in [0, 0.05) is 38.4 Å². The third-order valence-corrected chi connectivity index (χ3v) is 5.25. The third kappa shape index (κ3) is 3.54. The molecule has 0 spiro atoms. The SMILES string of the molecule is CC(C)c1noc2ncc(C(=O)N(C)C3CCN(C(C)C)CC3)cc12. The van der Waals surface area contributed by atoms with Gasteiger partial charge in [0.05, 0.1) is 16.6 Å². The predicted molar refractivity (Wildman–Crippen MR) is 97.7 cm³/mol. The van der Waals surface area contributed by atoms with E-state index in [0.29, 0.717) is 17.3 Å². The van der Waals surface area contributed by atoms with Crippen LogP contribution in [0.4, 0.5) is 0 Å². The number of carbonyl (C=O) groups is 1. The zero-order chi connectivity index (χ0) is 18.1. The lowest BCUT2D eigenvalue weighted by atomic mass is 10.0. The molecule has 3 rings (SSSR count). The number of hydrogen-bond donors (Lipinski definition) is 0. The monoisotopic (exact) mass is 344 g/mol. The minimum absolute atomic E-state index is 0.0216. The molecule has 1 fully saturated rings. The second-order valence-corrected chi connectivity index (χ2v) is 7.58. The quantitative estimate of drug-likeness (QED) is 0.852. The van der Waals surface area contributed by atoms with Crippen LogP contribution in [0.2, 0.25) is 0 Å². The Morgan fingerprint density at radius 2 is 1.96 bits per heavy atom. The van der Waals surface area contributed by atoms with Gasteiger partial charge < -0.3 is 14.3 Å². The van der Waals surface area contributed by atoms with Gasteiger partial charge in [-0.05, 0) is 38.7 Å². The maximum Gasteiger partial charge on any atom is 0.257 e. The number of rotatable bonds is 4. The molecule has 1 aliphatic heterocycles. The largest absolute Gasteiger partial charge is 0.339 e. The smallest absolute Gasteiger partial charge is 0.257 e. The molecule has 0 unspecified atom stereocenters. The molecule has 6 nitrogen and oxygen atoms in total. The van der Waals surface area contributed by atoms with E-state index >= 15 is 0 Å². The Balaban J connectivity index is 1.76. The van der Waals surface area contributed by atoms with Gasteiger partial charge in [0.1, 0.15) is 0 Å². The highest BCUT2D eigenvalue weighted by Crippen LogP contribution is 2.25. The number of pyridine rings is 1. The van der Waals surface area contributed by atoms with Crippen molar-refractivity contribution in [3.05, 3.63) is 23.5 Å². The lowest BCUT2D eigenvalue weighted by Crippen LogP contribution is -2.47. The molecule has 136 valence electrons. The van der Waals surface area contributed by atoms with E-state index in [2.05, 4.69) is 42.7 Å². The molecule has 2 aromatic rings. The Bertz CT molecular complexity index is 745. The predicted octanol–water partition coefficient (Wildman–Crippen LogP) is 3.29. The summed E-state index contributed by atoms with van der Waals surface area (Å²) in [6, 6.07) is 2.72. The van der Waals surface area contributed by atoms with Crippen LogP contribution in [0.5, 0.6) is 0 Å². The molecule has 0 bridgehead atoms. The summed E-state index contributed by atoms with van der Waals surface area (Å²) in [5.74, 6) is 0.250. The van der Waals surface area contributed by atoms with Crippen LogP contribution in [0, 0.1) is 0 Å². The van der Waals surface area contributed by atoms with Crippen LogP contribution in [0.1, 0.15) is 62.5 Å². The van der Waals surface area contributed by atoms with E-state index in [1.54, 1.807) is 6.20 Å². The van der Waals surface area contributed by atoms with Crippen molar-refractivity contribution in [3.63, 3.8) is 0 Å². The van der Waals surface area contributed by atoms with Crippen molar-refractivity contribution in [1.29, 1.82) is 0 Å². The molecular formula is C19H28N4O2. The molecule has 3 heterocycles. The van der Waals surface area contributed by atoms with Crippen LogP contribution in [0.3, 0.4) is 0 Å². The number of aromatic nitrogens is 2. The van der Waals surface area contributed by atoms with Crippen LogP contribution >= 0.6 is 0 Å². The van der Waals surface area contributed by atoms with Gasteiger partial charge >= 0.3 is 0 Å². The summed E-state index contributed by atoms with van der Waals surface area (Å²) < 4.78 is 5.26. The van der Waals surface area contributed by atoms with Gasteiger partial charge in [0.2, 0.25) is 0 Å². The summed E-state index contributed by atoms with van der Waals surface area (Å²) in [5, 5.41) is 4.92. The summed E-state index contributed by atoms with van der Waals surface area (Å²) in [6.45, 7) is 10.6. The van der Waals surface area contributed by atoms with Crippen molar-refractivity contribution in [2.45, 2.75) is 58.5 Å². The molecule has 1 saturated heterocycles. The van der Waals surface area contributed by atoms with Gasteiger partial charge in [-0.2, -0.15) is 0 Å². The molecule has 1 amide bonds. The summed E-state index contributed by atoms with van der Waals surface area (Å²) in [7, 11) is 1.90. The number of likely N-dealkylation sites (tertiary alicyclic amines) is 1. The lowest BCUT2D eigenvalue weighted by molar-refractivity contribution is 0.0615. The van der Waals surface area contributed by atoms with Crippen molar-refractivity contribution in [2.24, 2.45) is 0 Å². The first-order valence-electron chi connectivity index (χ1n) is 9.15. The fraction of sp³-hybridized carbons (Fsp3) is 0.632. The Labute approximate surface area is 149 Å². The van der Waals surface area contributed by atoms with Crippen LogP contribution in [-0.2, 0) is 0 Å². The fourth-order valence-corrected chi connectivity index (χ4v) is 3.54. The Hall–Kier alpha value is -1.95. The molecule has 0 N–H and O–H groups in total. The number of amides is 1. The first kappa shape index (κ1) is 17.9. The highest BCUT2D eigenvalue weighted by atomic mass is 16.5. The van der Waals surface area contributed by atoms with E-state index < -0.39 is 0 Å². The van der Waals surface area contributed by atoms with E-state index in [4.69, 9.17) is 4.52 Å². The van der Waals surface area contributed by atoms with Crippen LogP contribution in [0.25, 0.3) is 11.1 Å². The first-order valence-corrected chi connectivity index (χ1v) is 9.15. The van der Waals surface area contributed by atoms with Gasteiger partial charge in [0.25, 0.3) is 11.6 Å². The number of nitrogens with zero attached hydrogens (tertiary/aromatic N) is 4. The van der Waals surface area contributed by atoms with E-state index in [-0.39, 0.29) is 17.9 Å². The minimum Gasteiger partial charge on any atom is -0.339 e. The third-order valence-electron chi connectivity index (χ3n) is 5.25. The average molecular weight is 344 g/mol. The van der Waals surface area contributed by atoms with E-state index in [0.717, 1.165) is 37.0 Å². The van der Waals surface area contributed by atoms with Crippen molar-refractivity contribution in [3.8, 4) is 0 Å². The fourth-order valence-electron chi connectivity index (χ4n) is 3.54. The van der Waals surface area contributed by atoms with Gasteiger partial charge in [-0.15, -0.1) is 0 Å². The van der Waals surface area contributed by atoms with Crippen molar-refractivity contribution < 1.29 is 9.32 Å². The second-order valence-electron chi connectivity index (χ2n) is 7.58. The van der Waals surface area contributed by atoms with Crippen LogP contribution < -0.4 is 0 Å². The first-order chi connectivity index (χ1) is 11.9. The topological polar surface area (TPSA) is 62.5 Å². The molecule has 0 atom stereocenters. The second kappa shape index (κ2) is 7.12. The molecule has 0 radical (unpaired) electrons. The average Bonchev–Trinajstić information content (AvgIpc) is 3.03. The van der Waals surface area contributed by atoms with E-state index in [9.17, 15) is 4.79 Å². The molecule has 0 aromatic carbocycles. The lowest BCUT2D eigenvalue weighted by Gasteiger charge is -2.38. The zero-order valence-electron chi connectivity index (χ0n) is 15.8. The zero-order valence-corrected chi connectivity index (χ0v) is 15.8. The molecule has 6 heteroatoms.